The van der Waals surface area contributed by atoms with Crippen LogP contribution in [-0.2, 0) is 6.42 Å². The van der Waals surface area contributed by atoms with E-state index in [1.165, 1.54) is 16.0 Å². The Bertz CT molecular complexity index is 478. The Morgan fingerprint density at radius 3 is 2.53 bits per heavy atom. The van der Waals surface area contributed by atoms with Crippen molar-refractivity contribution in [1.82, 2.24) is 5.43 Å². The van der Waals surface area contributed by atoms with Gasteiger partial charge in [0.05, 0.1) is 6.04 Å². The number of thiophene rings is 1. The van der Waals surface area contributed by atoms with E-state index in [0.717, 1.165) is 11.4 Å². The number of rotatable bonds is 4. The number of aryl methyl sites for hydroxylation is 1. The minimum absolute atomic E-state index is 0.163. The molecular weight excluding hydrogens is 252 g/mol. The lowest BCUT2D eigenvalue weighted by Crippen LogP contribution is -2.29. The number of halogens is 1. The average Bonchev–Trinajstić information content (AvgIpc) is 2.75. The Labute approximate surface area is 110 Å². The van der Waals surface area contributed by atoms with Crippen LogP contribution < -0.4 is 11.3 Å². The quantitative estimate of drug-likeness (QED) is 0.657. The molecule has 0 radical (unpaired) electrons. The zero-order valence-electron chi connectivity index (χ0n) is 9.61. The normalized spacial score (nSPS) is 12.6. The number of nitrogens with two attached hydrogens (primary N) is 1. The summed E-state index contributed by atoms with van der Waals surface area (Å²) in [6.07, 6.45) is 0.870. The van der Waals surface area contributed by atoms with Crippen molar-refractivity contribution in [3.63, 3.8) is 0 Å². The Balaban J connectivity index is 2.16. The van der Waals surface area contributed by atoms with Crippen molar-refractivity contribution in [1.29, 1.82) is 0 Å². The molecule has 0 saturated heterocycles. The van der Waals surface area contributed by atoms with E-state index in [2.05, 4.69) is 23.8 Å². The van der Waals surface area contributed by atoms with Gasteiger partial charge in [-0.2, -0.15) is 0 Å². The molecule has 17 heavy (non-hydrogen) atoms. The van der Waals surface area contributed by atoms with E-state index in [9.17, 15) is 0 Å². The first kappa shape index (κ1) is 12.6. The van der Waals surface area contributed by atoms with E-state index < -0.39 is 0 Å². The monoisotopic (exact) mass is 266 g/mol. The molecule has 1 atom stereocenters. The molecule has 2 aromatic rings. The van der Waals surface area contributed by atoms with Gasteiger partial charge in [0.15, 0.2) is 0 Å². The molecule has 0 aliphatic heterocycles. The molecule has 3 N–H and O–H groups in total. The third-order valence-corrected chi connectivity index (χ3v) is 4.16. The van der Waals surface area contributed by atoms with Gasteiger partial charge in [-0.15, -0.1) is 11.3 Å². The largest absolute Gasteiger partial charge is 0.271 e. The van der Waals surface area contributed by atoms with Crippen molar-refractivity contribution >= 4 is 22.9 Å². The molecule has 1 unspecified atom stereocenters. The van der Waals surface area contributed by atoms with Gasteiger partial charge in [-0.05, 0) is 48.1 Å². The second kappa shape index (κ2) is 5.65. The summed E-state index contributed by atoms with van der Waals surface area (Å²) in [5.74, 6) is 5.64. The van der Waals surface area contributed by atoms with Gasteiger partial charge in [0, 0.05) is 9.90 Å². The molecule has 1 aromatic carbocycles. The smallest absolute Gasteiger partial charge is 0.0596 e. The van der Waals surface area contributed by atoms with Gasteiger partial charge >= 0.3 is 0 Å². The van der Waals surface area contributed by atoms with Crippen LogP contribution in [0.2, 0.25) is 5.02 Å². The van der Waals surface area contributed by atoms with Gasteiger partial charge in [0.1, 0.15) is 0 Å². The number of hydrogen-bond acceptors (Lipinski definition) is 3. The molecule has 2 rings (SSSR count). The molecule has 2 nitrogen and oxygen atoms in total. The van der Waals surface area contributed by atoms with Crippen molar-refractivity contribution < 1.29 is 0 Å². The molecule has 1 heterocycles. The zero-order chi connectivity index (χ0) is 12.3. The van der Waals surface area contributed by atoms with Gasteiger partial charge in [-0.1, -0.05) is 23.7 Å². The summed E-state index contributed by atoms with van der Waals surface area (Å²) >= 11 is 7.60. The van der Waals surface area contributed by atoms with Gasteiger partial charge in [0.2, 0.25) is 0 Å². The fraction of sp³-hybridized carbons (Fsp3) is 0.231. The average molecular weight is 267 g/mol. The van der Waals surface area contributed by atoms with Gasteiger partial charge in [-0.25, -0.2) is 0 Å². The topological polar surface area (TPSA) is 38.0 Å². The predicted octanol–water partition coefficient (Wildman–Crippen LogP) is 3.46. The van der Waals surface area contributed by atoms with Gasteiger partial charge in [0.25, 0.3) is 0 Å². The highest BCUT2D eigenvalue weighted by atomic mass is 35.5. The fourth-order valence-corrected chi connectivity index (χ4v) is 2.94. The Kier molecular flexibility index (Phi) is 4.18. The first-order valence-corrected chi connectivity index (χ1v) is 6.71. The molecule has 90 valence electrons. The van der Waals surface area contributed by atoms with Gasteiger partial charge in [-0.3, -0.25) is 11.3 Å². The lowest BCUT2D eigenvalue weighted by atomic mass is 10.0. The highest BCUT2D eigenvalue weighted by Gasteiger charge is 2.14. The number of benzene rings is 1. The third-order valence-electron chi connectivity index (χ3n) is 2.77. The number of hydrogen-bond donors (Lipinski definition) is 2. The predicted molar refractivity (Wildman–Crippen MR) is 74.3 cm³/mol. The Hall–Kier alpha value is -0.870. The summed E-state index contributed by atoms with van der Waals surface area (Å²) < 4.78 is 0. The number of nitrogens with one attached hydrogen (secondary N) is 1. The van der Waals surface area contributed by atoms with Crippen LogP contribution >= 0.6 is 22.9 Å². The minimum atomic E-state index is 0.163. The molecule has 0 amide bonds. The second-order valence-corrected chi connectivity index (χ2v) is 5.40. The van der Waals surface area contributed by atoms with E-state index in [4.69, 9.17) is 17.4 Å². The molecule has 0 bridgehead atoms. The SMILES string of the molecule is Cc1ccsc1C(Cc1ccc(Cl)cc1)NN. The van der Waals surface area contributed by atoms with Crippen molar-refractivity contribution in [2.45, 2.75) is 19.4 Å². The van der Waals surface area contributed by atoms with E-state index in [1.54, 1.807) is 11.3 Å². The summed E-state index contributed by atoms with van der Waals surface area (Å²) in [6, 6.07) is 10.2. The molecule has 0 saturated carbocycles. The lowest BCUT2D eigenvalue weighted by molar-refractivity contribution is 0.558. The Morgan fingerprint density at radius 2 is 2.00 bits per heavy atom. The van der Waals surface area contributed by atoms with Crippen LogP contribution in [0.25, 0.3) is 0 Å². The summed E-state index contributed by atoms with van der Waals surface area (Å²) in [5.41, 5.74) is 5.40. The maximum Gasteiger partial charge on any atom is 0.0596 e. The highest BCUT2D eigenvalue weighted by Crippen LogP contribution is 2.26. The summed E-state index contributed by atoms with van der Waals surface area (Å²) in [4.78, 5) is 1.29. The number of hydrazine groups is 1. The molecule has 0 fully saturated rings. The molecular formula is C13H15ClN2S. The zero-order valence-corrected chi connectivity index (χ0v) is 11.2. The second-order valence-electron chi connectivity index (χ2n) is 4.02. The molecule has 0 aliphatic rings. The van der Waals surface area contributed by atoms with Crippen molar-refractivity contribution in [2.24, 2.45) is 5.84 Å². The highest BCUT2D eigenvalue weighted by molar-refractivity contribution is 7.10. The van der Waals surface area contributed by atoms with Crippen LogP contribution in [0.1, 0.15) is 22.0 Å². The fourth-order valence-electron chi connectivity index (χ4n) is 1.82. The van der Waals surface area contributed by atoms with E-state index in [-0.39, 0.29) is 6.04 Å². The van der Waals surface area contributed by atoms with Crippen LogP contribution in [0.4, 0.5) is 0 Å². The molecule has 0 spiro atoms. The van der Waals surface area contributed by atoms with Crippen molar-refractivity contribution in [3.05, 3.63) is 56.7 Å². The minimum Gasteiger partial charge on any atom is -0.271 e. The maximum atomic E-state index is 5.87. The van der Waals surface area contributed by atoms with Crippen LogP contribution in [-0.4, -0.2) is 0 Å². The van der Waals surface area contributed by atoms with E-state index >= 15 is 0 Å². The Morgan fingerprint density at radius 1 is 1.29 bits per heavy atom. The molecule has 0 aliphatic carbocycles. The standard InChI is InChI=1S/C13H15ClN2S/c1-9-6-7-17-13(9)12(16-15)8-10-2-4-11(14)5-3-10/h2-7,12,16H,8,15H2,1H3. The van der Waals surface area contributed by atoms with Crippen LogP contribution in [0.5, 0.6) is 0 Å². The summed E-state index contributed by atoms with van der Waals surface area (Å²) in [7, 11) is 0. The van der Waals surface area contributed by atoms with Crippen molar-refractivity contribution in [3.8, 4) is 0 Å². The summed E-state index contributed by atoms with van der Waals surface area (Å²) in [5, 5.41) is 2.86. The van der Waals surface area contributed by atoms with Crippen LogP contribution in [0.3, 0.4) is 0 Å². The first-order valence-electron chi connectivity index (χ1n) is 5.45. The molecule has 1 aromatic heterocycles. The third kappa shape index (κ3) is 3.07. The summed E-state index contributed by atoms with van der Waals surface area (Å²) in [6.45, 7) is 2.11. The van der Waals surface area contributed by atoms with Crippen LogP contribution in [0, 0.1) is 6.92 Å². The van der Waals surface area contributed by atoms with Crippen LogP contribution in [0.15, 0.2) is 35.7 Å². The first-order chi connectivity index (χ1) is 8.20. The lowest BCUT2D eigenvalue weighted by Gasteiger charge is -2.15. The van der Waals surface area contributed by atoms with Gasteiger partial charge < -0.3 is 0 Å². The maximum absolute atomic E-state index is 5.87. The van der Waals surface area contributed by atoms with E-state index in [1.807, 2.05) is 24.3 Å². The van der Waals surface area contributed by atoms with Crippen molar-refractivity contribution in [2.75, 3.05) is 0 Å². The van der Waals surface area contributed by atoms with E-state index in [0.29, 0.717) is 0 Å². The molecule has 4 heteroatoms.